The normalized spacial score (nSPS) is 11.6. The molecule has 0 saturated carbocycles. The Balaban J connectivity index is 1.79. The van der Waals surface area contributed by atoms with Gasteiger partial charge in [-0.3, -0.25) is 0 Å². The zero-order valence-corrected chi connectivity index (χ0v) is 19.0. The van der Waals surface area contributed by atoms with Crippen LogP contribution in [0.15, 0.2) is 57.8 Å². The van der Waals surface area contributed by atoms with Crippen LogP contribution < -0.4 is 0 Å². The number of carbonyl (C=O) groups excluding carboxylic acids is 1. The van der Waals surface area contributed by atoms with E-state index >= 15 is 0 Å². The molecule has 9 heteroatoms. The van der Waals surface area contributed by atoms with E-state index < -0.39 is 16.0 Å². The van der Waals surface area contributed by atoms with Crippen LogP contribution in [0.3, 0.4) is 0 Å². The molecule has 0 N–H and O–H groups in total. The van der Waals surface area contributed by atoms with Crippen molar-refractivity contribution in [2.24, 2.45) is 0 Å². The third-order valence-corrected chi connectivity index (χ3v) is 7.13. The number of nitrogens with zero attached hydrogens (tertiary/aromatic N) is 2. The number of oxazole rings is 1. The van der Waals surface area contributed by atoms with Crippen LogP contribution >= 0.6 is 11.6 Å². The molecule has 0 aliphatic rings. The van der Waals surface area contributed by atoms with Gasteiger partial charge in [0.15, 0.2) is 0 Å². The van der Waals surface area contributed by atoms with Crippen molar-refractivity contribution in [1.29, 1.82) is 0 Å². The van der Waals surface area contributed by atoms with Crippen molar-refractivity contribution >= 4 is 27.6 Å². The van der Waals surface area contributed by atoms with Crippen molar-refractivity contribution in [3.8, 4) is 11.5 Å². The van der Waals surface area contributed by atoms with E-state index in [1.807, 2.05) is 30.3 Å². The molecule has 0 saturated heterocycles. The molecule has 0 bridgehead atoms. The molecular weight excluding hydrogens is 440 g/mol. The summed E-state index contributed by atoms with van der Waals surface area (Å²) in [7, 11) is -3.74. The lowest BCUT2D eigenvalue weighted by molar-refractivity contribution is 0.0467. The summed E-state index contributed by atoms with van der Waals surface area (Å²) in [5, 5.41) is 0.102. The van der Waals surface area contributed by atoms with Gasteiger partial charge in [0.25, 0.3) is 0 Å². The van der Waals surface area contributed by atoms with Crippen LogP contribution in [0.2, 0.25) is 5.02 Å². The monoisotopic (exact) mass is 462 g/mol. The fraction of sp³-hybridized carbons (Fsp3) is 0.273. The number of aromatic nitrogens is 1. The number of esters is 1. The predicted octanol–water partition coefficient (Wildman–Crippen LogP) is 4.69. The van der Waals surface area contributed by atoms with E-state index in [1.165, 1.54) is 22.5 Å². The third-order valence-electron chi connectivity index (χ3n) is 4.75. The number of benzene rings is 2. The third kappa shape index (κ3) is 4.98. The molecule has 0 amide bonds. The first-order valence-corrected chi connectivity index (χ1v) is 11.6. The smallest absolute Gasteiger partial charge is 0.340 e. The van der Waals surface area contributed by atoms with Crippen LogP contribution in [-0.4, -0.2) is 36.8 Å². The van der Waals surface area contributed by atoms with E-state index in [1.54, 1.807) is 20.8 Å². The standard InChI is InChI=1S/C22H23ClN2O5S/c1-4-25(5-2)31(27,28)17-11-12-19(23)18(13-17)22(26)29-14-20-15(3)30-21(24-20)16-9-7-6-8-10-16/h6-13H,4-5,14H2,1-3H3. The number of carbonyl (C=O) groups is 1. The number of sulfonamides is 1. The van der Waals surface area contributed by atoms with Crippen LogP contribution in [0.1, 0.15) is 35.7 Å². The zero-order chi connectivity index (χ0) is 22.6. The van der Waals surface area contributed by atoms with Gasteiger partial charge in [-0.1, -0.05) is 43.6 Å². The SMILES string of the molecule is CCN(CC)S(=O)(=O)c1ccc(Cl)c(C(=O)OCc2nc(-c3ccccc3)oc2C)c1. The Morgan fingerprint density at radius 1 is 1.13 bits per heavy atom. The van der Waals surface area contributed by atoms with Crippen molar-refractivity contribution in [3.63, 3.8) is 0 Å². The van der Waals surface area contributed by atoms with E-state index in [0.29, 0.717) is 30.4 Å². The molecule has 1 aromatic heterocycles. The molecule has 3 rings (SSSR count). The van der Waals surface area contributed by atoms with Crippen molar-refractivity contribution < 1.29 is 22.4 Å². The van der Waals surface area contributed by atoms with Gasteiger partial charge in [0.1, 0.15) is 18.1 Å². The van der Waals surface area contributed by atoms with Crippen molar-refractivity contribution in [2.75, 3.05) is 13.1 Å². The summed E-state index contributed by atoms with van der Waals surface area (Å²) < 4.78 is 37.8. The maximum absolute atomic E-state index is 12.8. The van der Waals surface area contributed by atoms with Crippen LogP contribution in [0, 0.1) is 6.92 Å². The van der Waals surface area contributed by atoms with Crippen molar-refractivity contribution in [3.05, 3.63) is 70.6 Å². The van der Waals surface area contributed by atoms with Gasteiger partial charge >= 0.3 is 5.97 Å². The molecule has 0 radical (unpaired) electrons. The molecule has 0 atom stereocenters. The predicted molar refractivity (Wildman–Crippen MR) is 117 cm³/mol. The Kier molecular flexibility index (Phi) is 7.15. The number of hydrogen-bond donors (Lipinski definition) is 0. The van der Waals surface area contributed by atoms with E-state index in [4.69, 9.17) is 20.8 Å². The van der Waals surface area contributed by atoms with Gasteiger partial charge < -0.3 is 9.15 Å². The van der Waals surface area contributed by atoms with Gasteiger partial charge in [-0.25, -0.2) is 18.2 Å². The molecule has 1 heterocycles. The molecule has 0 unspecified atom stereocenters. The number of ether oxygens (including phenoxy) is 1. The van der Waals surface area contributed by atoms with Crippen molar-refractivity contribution in [2.45, 2.75) is 32.3 Å². The molecule has 0 spiro atoms. The molecule has 31 heavy (non-hydrogen) atoms. The molecule has 0 fully saturated rings. The van der Waals surface area contributed by atoms with E-state index in [9.17, 15) is 13.2 Å². The Hall–Kier alpha value is -2.68. The lowest BCUT2D eigenvalue weighted by atomic mass is 10.2. The highest BCUT2D eigenvalue weighted by atomic mass is 35.5. The van der Waals surface area contributed by atoms with Gasteiger partial charge in [0.05, 0.1) is 15.5 Å². The summed E-state index contributed by atoms with van der Waals surface area (Å²) in [5.74, 6) is 0.204. The maximum atomic E-state index is 12.8. The molecule has 7 nitrogen and oxygen atoms in total. The number of rotatable bonds is 8. The Morgan fingerprint density at radius 3 is 2.45 bits per heavy atom. The molecule has 0 aliphatic heterocycles. The molecule has 2 aromatic carbocycles. The second kappa shape index (κ2) is 9.64. The van der Waals surface area contributed by atoms with Crippen LogP contribution in [-0.2, 0) is 21.4 Å². The fourth-order valence-electron chi connectivity index (χ4n) is 3.01. The second-order valence-corrected chi connectivity index (χ2v) is 9.04. The minimum atomic E-state index is -3.74. The molecule has 164 valence electrons. The van der Waals surface area contributed by atoms with Gasteiger partial charge in [-0.05, 0) is 37.3 Å². The van der Waals surface area contributed by atoms with Crippen LogP contribution in [0.4, 0.5) is 0 Å². The van der Waals surface area contributed by atoms with Crippen LogP contribution in [0.5, 0.6) is 0 Å². The van der Waals surface area contributed by atoms with Gasteiger partial charge in [0, 0.05) is 18.7 Å². The molecular formula is C22H23ClN2O5S. The highest BCUT2D eigenvalue weighted by Crippen LogP contribution is 2.25. The largest absolute Gasteiger partial charge is 0.455 e. The minimum Gasteiger partial charge on any atom is -0.455 e. The second-order valence-electron chi connectivity index (χ2n) is 6.70. The topological polar surface area (TPSA) is 89.7 Å². The van der Waals surface area contributed by atoms with Gasteiger partial charge in [-0.15, -0.1) is 0 Å². The molecule has 0 aliphatic carbocycles. The first-order chi connectivity index (χ1) is 14.8. The lowest BCUT2D eigenvalue weighted by Gasteiger charge is -2.19. The number of hydrogen-bond acceptors (Lipinski definition) is 6. The Bertz CT molecular complexity index is 1170. The average molecular weight is 463 g/mol. The van der Waals surface area contributed by atoms with Crippen molar-refractivity contribution in [1.82, 2.24) is 9.29 Å². The van der Waals surface area contributed by atoms with Crippen LogP contribution in [0.25, 0.3) is 11.5 Å². The summed E-state index contributed by atoms with van der Waals surface area (Å²) in [6.45, 7) is 5.72. The summed E-state index contributed by atoms with van der Waals surface area (Å²) in [5.41, 5.74) is 1.25. The summed E-state index contributed by atoms with van der Waals surface area (Å²) in [4.78, 5) is 17.0. The van der Waals surface area contributed by atoms with Gasteiger partial charge in [0.2, 0.25) is 15.9 Å². The van der Waals surface area contributed by atoms with E-state index in [-0.39, 0.29) is 22.1 Å². The maximum Gasteiger partial charge on any atom is 0.340 e. The minimum absolute atomic E-state index is 0.0171. The first kappa shape index (κ1) is 23.0. The number of aryl methyl sites for hydroxylation is 1. The van der Waals surface area contributed by atoms with Gasteiger partial charge in [-0.2, -0.15) is 4.31 Å². The average Bonchev–Trinajstić information content (AvgIpc) is 3.14. The Morgan fingerprint density at radius 2 is 1.81 bits per heavy atom. The first-order valence-electron chi connectivity index (χ1n) is 9.76. The highest BCUT2D eigenvalue weighted by molar-refractivity contribution is 7.89. The fourth-order valence-corrected chi connectivity index (χ4v) is 4.69. The molecule has 3 aromatic rings. The number of halogens is 1. The van der Waals surface area contributed by atoms with E-state index in [0.717, 1.165) is 5.56 Å². The summed E-state index contributed by atoms with van der Waals surface area (Å²) in [6, 6.07) is 13.4. The zero-order valence-electron chi connectivity index (χ0n) is 17.5. The van der Waals surface area contributed by atoms with E-state index in [2.05, 4.69) is 4.98 Å². The lowest BCUT2D eigenvalue weighted by Crippen LogP contribution is -2.30. The Labute approximate surface area is 186 Å². The quantitative estimate of drug-likeness (QED) is 0.451. The summed E-state index contributed by atoms with van der Waals surface area (Å²) in [6.07, 6.45) is 0. The summed E-state index contributed by atoms with van der Waals surface area (Å²) >= 11 is 6.14. The highest BCUT2D eigenvalue weighted by Gasteiger charge is 2.24.